The molecule has 1 atom stereocenters. The van der Waals surface area contributed by atoms with E-state index in [2.05, 4.69) is 26.1 Å². The monoisotopic (exact) mass is 227 g/mol. The Labute approximate surface area is 101 Å². The summed E-state index contributed by atoms with van der Waals surface area (Å²) in [7, 11) is 0. The van der Waals surface area contributed by atoms with Crippen LogP contribution in [0.4, 0.5) is 0 Å². The molecule has 0 spiro atoms. The smallest absolute Gasteiger partial charge is 0.0575 e. The van der Waals surface area contributed by atoms with Crippen LogP contribution in [-0.4, -0.2) is 24.3 Å². The van der Waals surface area contributed by atoms with Crippen LogP contribution in [0.2, 0.25) is 0 Å². The molecule has 0 amide bonds. The summed E-state index contributed by atoms with van der Waals surface area (Å²) in [4.78, 5) is 0. The number of hydrogen-bond donors (Lipinski definition) is 2. The van der Waals surface area contributed by atoms with Gasteiger partial charge in [0.25, 0.3) is 0 Å². The highest BCUT2D eigenvalue weighted by molar-refractivity contribution is 4.72. The second-order valence-corrected chi connectivity index (χ2v) is 5.93. The zero-order valence-electron chi connectivity index (χ0n) is 11.2. The predicted molar refractivity (Wildman–Crippen MR) is 69.5 cm³/mol. The van der Waals surface area contributed by atoms with Gasteiger partial charge in [-0.15, -0.1) is 0 Å². The minimum atomic E-state index is -0.140. The van der Waals surface area contributed by atoms with Crippen LogP contribution in [0.5, 0.6) is 0 Å². The average Bonchev–Trinajstić information content (AvgIpc) is 2.26. The van der Waals surface area contributed by atoms with Crippen molar-refractivity contribution in [1.29, 1.82) is 0 Å². The molecule has 0 aliphatic heterocycles. The number of rotatable bonds is 6. The maximum absolute atomic E-state index is 9.66. The molecule has 2 nitrogen and oxygen atoms in total. The molecule has 16 heavy (non-hydrogen) atoms. The summed E-state index contributed by atoms with van der Waals surface area (Å²) in [5, 5.41) is 13.2. The third-order valence-electron chi connectivity index (χ3n) is 3.95. The molecule has 96 valence electrons. The average molecular weight is 227 g/mol. The highest BCUT2D eigenvalue weighted by atomic mass is 16.3. The van der Waals surface area contributed by atoms with Crippen LogP contribution < -0.4 is 5.32 Å². The predicted octanol–water partition coefficient (Wildman–Crippen LogP) is 2.81. The molecule has 1 aliphatic carbocycles. The van der Waals surface area contributed by atoms with Gasteiger partial charge in [-0.2, -0.15) is 0 Å². The molecule has 0 heterocycles. The molecule has 0 aromatic heterocycles. The van der Waals surface area contributed by atoms with Crippen LogP contribution in [0.1, 0.15) is 52.9 Å². The molecular formula is C14H29NO. The molecule has 1 unspecified atom stereocenters. The fraction of sp³-hybridized carbons (Fsp3) is 1.00. The van der Waals surface area contributed by atoms with Crippen molar-refractivity contribution in [2.45, 2.75) is 59.0 Å². The zero-order valence-corrected chi connectivity index (χ0v) is 11.2. The molecule has 2 N–H and O–H groups in total. The minimum Gasteiger partial charge on any atom is -0.393 e. The van der Waals surface area contributed by atoms with Crippen molar-refractivity contribution in [1.82, 2.24) is 5.32 Å². The van der Waals surface area contributed by atoms with Gasteiger partial charge < -0.3 is 10.4 Å². The first kappa shape index (κ1) is 14.0. The van der Waals surface area contributed by atoms with Crippen LogP contribution in [0, 0.1) is 17.8 Å². The fourth-order valence-electron chi connectivity index (χ4n) is 2.42. The summed E-state index contributed by atoms with van der Waals surface area (Å²) in [6.07, 6.45) is 6.34. The van der Waals surface area contributed by atoms with E-state index in [-0.39, 0.29) is 6.10 Å². The quantitative estimate of drug-likeness (QED) is 0.684. The first-order valence-electron chi connectivity index (χ1n) is 6.98. The van der Waals surface area contributed by atoms with Crippen molar-refractivity contribution in [3.63, 3.8) is 0 Å². The summed E-state index contributed by atoms with van der Waals surface area (Å²) >= 11 is 0. The molecule has 1 fully saturated rings. The van der Waals surface area contributed by atoms with E-state index in [1.165, 1.54) is 25.7 Å². The summed E-state index contributed by atoms with van der Waals surface area (Å²) < 4.78 is 0. The van der Waals surface area contributed by atoms with E-state index in [4.69, 9.17) is 0 Å². The van der Waals surface area contributed by atoms with Crippen molar-refractivity contribution in [3.8, 4) is 0 Å². The van der Waals surface area contributed by atoms with Crippen LogP contribution in [-0.2, 0) is 0 Å². The Morgan fingerprint density at radius 1 is 1.19 bits per heavy atom. The lowest BCUT2D eigenvalue weighted by Gasteiger charge is -2.26. The number of aliphatic hydroxyl groups is 1. The molecule has 1 aliphatic rings. The van der Waals surface area contributed by atoms with Gasteiger partial charge in [-0.1, -0.05) is 33.6 Å². The Morgan fingerprint density at radius 3 is 2.38 bits per heavy atom. The molecule has 0 aromatic carbocycles. The van der Waals surface area contributed by atoms with Crippen molar-refractivity contribution in [2.75, 3.05) is 13.1 Å². The van der Waals surface area contributed by atoms with Crippen LogP contribution in [0.25, 0.3) is 0 Å². The Balaban J connectivity index is 1.99. The van der Waals surface area contributed by atoms with Gasteiger partial charge in [-0.05, 0) is 50.1 Å². The molecule has 0 saturated heterocycles. The summed E-state index contributed by atoms with van der Waals surface area (Å²) in [6.45, 7) is 8.63. The molecule has 1 saturated carbocycles. The van der Waals surface area contributed by atoms with Crippen molar-refractivity contribution >= 4 is 0 Å². The maximum atomic E-state index is 9.66. The highest BCUT2D eigenvalue weighted by Gasteiger charge is 2.17. The number of hydrogen-bond acceptors (Lipinski definition) is 2. The molecule has 1 rings (SSSR count). The molecule has 0 bridgehead atoms. The first-order valence-corrected chi connectivity index (χ1v) is 6.98. The maximum Gasteiger partial charge on any atom is 0.0575 e. The van der Waals surface area contributed by atoms with Crippen molar-refractivity contribution in [3.05, 3.63) is 0 Å². The summed E-state index contributed by atoms with van der Waals surface area (Å²) in [6, 6.07) is 0. The van der Waals surface area contributed by atoms with E-state index in [0.29, 0.717) is 5.92 Å². The van der Waals surface area contributed by atoms with E-state index in [1.54, 1.807) is 0 Å². The Morgan fingerprint density at radius 2 is 1.81 bits per heavy atom. The van der Waals surface area contributed by atoms with E-state index in [9.17, 15) is 5.11 Å². The van der Waals surface area contributed by atoms with Gasteiger partial charge in [0.15, 0.2) is 0 Å². The normalized spacial score (nSPS) is 28.3. The van der Waals surface area contributed by atoms with Crippen LogP contribution in [0.15, 0.2) is 0 Å². The lowest BCUT2D eigenvalue weighted by molar-refractivity contribution is 0.115. The second-order valence-electron chi connectivity index (χ2n) is 5.93. The van der Waals surface area contributed by atoms with Gasteiger partial charge >= 0.3 is 0 Å². The molecule has 2 heteroatoms. The van der Waals surface area contributed by atoms with Gasteiger partial charge in [0.1, 0.15) is 0 Å². The molecule has 0 radical (unpaired) electrons. The van der Waals surface area contributed by atoms with Gasteiger partial charge in [0.05, 0.1) is 6.10 Å². The summed E-state index contributed by atoms with van der Waals surface area (Å²) in [5.74, 6) is 2.21. The molecular weight excluding hydrogens is 198 g/mol. The SMILES string of the molecule is CC1CCC(CNCCC(O)C(C)C)CC1. The van der Waals surface area contributed by atoms with E-state index < -0.39 is 0 Å². The van der Waals surface area contributed by atoms with Gasteiger partial charge in [-0.25, -0.2) is 0 Å². The Hall–Kier alpha value is -0.0800. The third kappa shape index (κ3) is 5.31. The standard InChI is InChI=1S/C14H29NO/c1-11(2)14(16)8-9-15-10-13-6-4-12(3)5-7-13/h11-16H,4-10H2,1-3H3. The van der Waals surface area contributed by atoms with Crippen LogP contribution in [0.3, 0.4) is 0 Å². The van der Waals surface area contributed by atoms with Gasteiger partial charge in [0.2, 0.25) is 0 Å². The van der Waals surface area contributed by atoms with E-state index in [1.807, 2.05) is 0 Å². The Bertz CT molecular complexity index is 174. The van der Waals surface area contributed by atoms with Crippen LogP contribution >= 0.6 is 0 Å². The Kier molecular flexibility index (Phi) is 6.37. The fourth-order valence-corrected chi connectivity index (χ4v) is 2.42. The van der Waals surface area contributed by atoms with Crippen molar-refractivity contribution < 1.29 is 5.11 Å². The number of nitrogens with one attached hydrogen (secondary N) is 1. The highest BCUT2D eigenvalue weighted by Crippen LogP contribution is 2.27. The van der Waals surface area contributed by atoms with Gasteiger partial charge in [0, 0.05) is 0 Å². The van der Waals surface area contributed by atoms with E-state index in [0.717, 1.165) is 31.3 Å². The van der Waals surface area contributed by atoms with Gasteiger partial charge in [-0.3, -0.25) is 0 Å². The van der Waals surface area contributed by atoms with Crippen molar-refractivity contribution in [2.24, 2.45) is 17.8 Å². The van der Waals surface area contributed by atoms with E-state index >= 15 is 0 Å². The zero-order chi connectivity index (χ0) is 12.0. The lowest BCUT2D eigenvalue weighted by atomic mass is 9.83. The first-order chi connectivity index (χ1) is 7.59. The number of aliphatic hydroxyl groups excluding tert-OH is 1. The minimum absolute atomic E-state index is 0.140. The third-order valence-corrected chi connectivity index (χ3v) is 3.95. The largest absolute Gasteiger partial charge is 0.393 e. The summed E-state index contributed by atoms with van der Waals surface area (Å²) in [5.41, 5.74) is 0. The molecule has 0 aromatic rings. The lowest BCUT2D eigenvalue weighted by Crippen LogP contribution is -2.29. The second kappa shape index (κ2) is 7.29. The topological polar surface area (TPSA) is 32.3 Å².